The summed E-state index contributed by atoms with van der Waals surface area (Å²) < 4.78 is 7.91. The first kappa shape index (κ1) is 18.4. The third-order valence-electron chi connectivity index (χ3n) is 3.67. The maximum Gasteiger partial charge on any atom is 0.326 e. The molecule has 0 saturated carbocycles. The molecule has 1 aromatic carbocycles. The van der Waals surface area contributed by atoms with E-state index in [9.17, 15) is 9.59 Å². The van der Waals surface area contributed by atoms with Gasteiger partial charge in [-0.3, -0.25) is 9.59 Å². The summed E-state index contributed by atoms with van der Waals surface area (Å²) in [6, 6.07) is 4.11. The number of carbonyl (C=O) groups is 2. The van der Waals surface area contributed by atoms with Crippen LogP contribution in [0, 0.1) is 13.8 Å². The third-order valence-corrected chi connectivity index (χ3v) is 4.90. The van der Waals surface area contributed by atoms with Crippen LogP contribution in [-0.4, -0.2) is 23.1 Å². The van der Waals surface area contributed by atoms with Gasteiger partial charge in [0.1, 0.15) is 6.54 Å². The van der Waals surface area contributed by atoms with Crippen LogP contribution in [-0.2, 0) is 20.9 Å². The molecule has 0 aliphatic heterocycles. The smallest absolute Gasteiger partial charge is 0.326 e. The normalized spacial score (nSPS) is 11.9. The molecule has 0 aliphatic carbocycles. The fraction of sp³-hybridized carbons (Fsp3) is 0.500. The molecule has 24 heavy (non-hydrogen) atoms. The number of thiazole rings is 1. The minimum atomic E-state index is -0.321. The summed E-state index contributed by atoms with van der Waals surface area (Å²) >= 11 is 1.45. The van der Waals surface area contributed by atoms with E-state index in [0.29, 0.717) is 17.8 Å². The molecule has 0 atom stereocenters. The number of aryl methyl sites for hydroxylation is 2. The van der Waals surface area contributed by atoms with Crippen molar-refractivity contribution in [2.45, 2.75) is 53.5 Å². The van der Waals surface area contributed by atoms with Crippen LogP contribution in [0.5, 0.6) is 0 Å². The Morgan fingerprint density at radius 3 is 2.67 bits per heavy atom. The lowest BCUT2D eigenvalue weighted by Crippen LogP contribution is -2.23. The summed E-state index contributed by atoms with van der Waals surface area (Å²) in [5, 5.41) is 0. The summed E-state index contributed by atoms with van der Waals surface area (Å²) in [5.74, 6) is -0.464. The molecular formula is C18H24N2O3S. The molecule has 2 rings (SSSR count). The highest BCUT2D eigenvalue weighted by Gasteiger charge is 2.14. The number of amides is 1. The van der Waals surface area contributed by atoms with Crippen LogP contribution in [0.1, 0.15) is 44.2 Å². The molecule has 0 spiro atoms. The standard InChI is InChI=1S/C18H24N2O3S/c1-5-7-8-15(21)19-18-20(11-16(22)23-6-2)14-10-12(3)9-13(4)17(14)24-18/h9-10H,5-8,11H2,1-4H3. The second kappa shape index (κ2) is 8.24. The van der Waals surface area contributed by atoms with E-state index < -0.39 is 0 Å². The molecule has 2 aromatic rings. The van der Waals surface area contributed by atoms with Crippen LogP contribution in [0.2, 0.25) is 0 Å². The van der Waals surface area contributed by atoms with E-state index in [1.807, 2.05) is 26.8 Å². The van der Waals surface area contributed by atoms with Gasteiger partial charge in [0, 0.05) is 6.42 Å². The summed E-state index contributed by atoms with van der Waals surface area (Å²) in [7, 11) is 0. The Morgan fingerprint density at radius 2 is 2.00 bits per heavy atom. The molecule has 1 amide bonds. The summed E-state index contributed by atoms with van der Waals surface area (Å²) in [4.78, 5) is 28.9. The molecule has 1 heterocycles. The van der Waals surface area contributed by atoms with Crippen molar-refractivity contribution in [3.8, 4) is 0 Å². The first-order chi connectivity index (χ1) is 11.5. The van der Waals surface area contributed by atoms with Gasteiger partial charge in [-0.05, 0) is 44.4 Å². The molecule has 0 radical (unpaired) electrons. The predicted octanol–water partition coefficient (Wildman–Crippen LogP) is 3.50. The lowest BCUT2D eigenvalue weighted by Gasteiger charge is -2.06. The van der Waals surface area contributed by atoms with Gasteiger partial charge in [0.05, 0.1) is 16.8 Å². The van der Waals surface area contributed by atoms with E-state index in [4.69, 9.17) is 4.74 Å². The number of rotatable bonds is 6. The zero-order chi connectivity index (χ0) is 17.7. The largest absolute Gasteiger partial charge is 0.465 e. The zero-order valence-corrected chi connectivity index (χ0v) is 15.5. The van der Waals surface area contributed by atoms with Crippen molar-refractivity contribution in [3.05, 3.63) is 28.1 Å². The Labute approximate surface area is 146 Å². The van der Waals surface area contributed by atoms with Crippen LogP contribution in [0.3, 0.4) is 0 Å². The Morgan fingerprint density at radius 1 is 1.25 bits per heavy atom. The van der Waals surface area contributed by atoms with Crippen molar-refractivity contribution < 1.29 is 14.3 Å². The Balaban J connectivity index is 2.56. The van der Waals surface area contributed by atoms with Crippen LogP contribution in [0.15, 0.2) is 17.1 Å². The lowest BCUT2D eigenvalue weighted by molar-refractivity contribution is -0.143. The van der Waals surface area contributed by atoms with Crippen molar-refractivity contribution >= 4 is 33.4 Å². The van der Waals surface area contributed by atoms with E-state index in [1.54, 1.807) is 11.5 Å². The number of carbonyl (C=O) groups excluding carboxylic acids is 2. The number of fused-ring (bicyclic) bond motifs is 1. The quantitative estimate of drug-likeness (QED) is 0.751. The molecular weight excluding hydrogens is 324 g/mol. The minimum Gasteiger partial charge on any atom is -0.465 e. The van der Waals surface area contributed by atoms with Crippen LogP contribution < -0.4 is 4.80 Å². The van der Waals surface area contributed by atoms with Crippen molar-refractivity contribution in [2.75, 3.05) is 6.61 Å². The summed E-state index contributed by atoms with van der Waals surface area (Å²) in [6.45, 7) is 8.27. The topological polar surface area (TPSA) is 60.7 Å². The number of aromatic nitrogens is 1. The number of unbranched alkanes of at least 4 members (excludes halogenated alkanes) is 1. The van der Waals surface area contributed by atoms with Crippen LogP contribution in [0.25, 0.3) is 10.2 Å². The second-order valence-electron chi connectivity index (χ2n) is 5.81. The Kier molecular flexibility index (Phi) is 6.31. The number of nitrogens with zero attached hydrogens (tertiary/aromatic N) is 2. The first-order valence-electron chi connectivity index (χ1n) is 8.30. The molecule has 0 N–H and O–H groups in total. The fourth-order valence-corrected chi connectivity index (χ4v) is 3.67. The molecule has 0 unspecified atom stereocenters. The molecule has 0 aliphatic rings. The van der Waals surface area contributed by atoms with E-state index >= 15 is 0 Å². The van der Waals surface area contributed by atoms with Gasteiger partial charge in [-0.25, -0.2) is 0 Å². The number of hydrogen-bond donors (Lipinski definition) is 0. The predicted molar refractivity (Wildman–Crippen MR) is 96.0 cm³/mol. The average molecular weight is 348 g/mol. The number of benzene rings is 1. The number of ether oxygens (including phenoxy) is 1. The van der Waals surface area contributed by atoms with Gasteiger partial charge < -0.3 is 9.30 Å². The number of esters is 1. The molecule has 0 saturated heterocycles. The SMILES string of the molecule is CCCCC(=O)N=c1sc2c(C)cc(C)cc2n1CC(=O)OCC. The zero-order valence-electron chi connectivity index (χ0n) is 14.7. The van der Waals surface area contributed by atoms with Gasteiger partial charge in [0.15, 0.2) is 4.80 Å². The second-order valence-corrected chi connectivity index (χ2v) is 6.79. The maximum absolute atomic E-state index is 12.1. The van der Waals surface area contributed by atoms with E-state index in [0.717, 1.165) is 34.2 Å². The number of hydrogen-bond acceptors (Lipinski definition) is 4. The molecule has 5 nitrogen and oxygen atoms in total. The highest BCUT2D eigenvalue weighted by Crippen LogP contribution is 2.23. The molecule has 130 valence electrons. The van der Waals surface area contributed by atoms with Crippen molar-refractivity contribution in [3.63, 3.8) is 0 Å². The van der Waals surface area contributed by atoms with E-state index in [-0.39, 0.29) is 18.4 Å². The maximum atomic E-state index is 12.1. The molecule has 0 fully saturated rings. The molecule has 6 heteroatoms. The monoisotopic (exact) mass is 348 g/mol. The van der Waals surface area contributed by atoms with E-state index in [1.165, 1.54) is 11.3 Å². The van der Waals surface area contributed by atoms with Crippen LogP contribution in [0.4, 0.5) is 0 Å². The third kappa shape index (κ3) is 4.32. The van der Waals surface area contributed by atoms with Gasteiger partial charge >= 0.3 is 5.97 Å². The van der Waals surface area contributed by atoms with Crippen molar-refractivity contribution in [2.24, 2.45) is 4.99 Å². The lowest BCUT2D eigenvalue weighted by atomic mass is 10.1. The fourth-order valence-electron chi connectivity index (χ4n) is 2.58. The molecule has 1 aromatic heterocycles. The molecule has 0 bridgehead atoms. The van der Waals surface area contributed by atoms with Gasteiger partial charge in [-0.2, -0.15) is 4.99 Å². The first-order valence-corrected chi connectivity index (χ1v) is 9.11. The van der Waals surface area contributed by atoms with Gasteiger partial charge in [0.2, 0.25) is 5.91 Å². The van der Waals surface area contributed by atoms with E-state index in [2.05, 4.69) is 11.1 Å². The van der Waals surface area contributed by atoms with Gasteiger partial charge in [-0.15, -0.1) is 0 Å². The summed E-state index contributed by atoms with van der Waals surface area (Å²) in [6.07, 6.45) is 2.21. The van der Waals surface area contributed by atoms with Gasteiger partial charge in [-0.1, -0.05) is 30.7 Å². The highest BCUT2D eigenvalue weighted by molar-refractivity contribution is 7.16. The van der Waals surface area contributed by atoms with Crippen molar-refractivity contribution in [1.29, 1.82) is 0 Å². The van der Waals surface area contributed by atoms with Gasteiger partial charge in [0.25, 0.3) is 0 Å². The highest BCUT2D eigenvalue weighted by atomic mass is 32.1. The minimum absolute atomic E-state index is 0.0661. The Bertz CT molecular complexity index is 818. The van der Waals surface area contributed by atoms with Crippen molar-refractivity contribution in [1.82, 2.24) is 4.57 Å². The Hall–Kier alpha value is -1.95. The van der Waals surface area contributed by atoms with Crippen LogP contribution >= 0.6 is 11.3 Å². The average Bonchev–Trinajstić information content (AvgIpc) is 2.84. The summed E-state index contributed by atoms with van der Waals surface area (Å²) in [5.41, 5.74) is 3.15.